The van der Waals surface area contributed by atoms with Crippen LogP contribution in [0.25, 0.3) is 0 Å². The topological polar surface area (TPSA) is 52.0 Å². The van der Waals surface area contributed by atoms with Crippen molar-refractivity contribution in [2.75, 3.05) is 11.5 Å². The molecule has 0 unspecified atom stereocenters. The van der Waals surface area contributed by atoms with Crippen LogP contribution in [0.2, 0.25) is 9.94 Å². The molecule has 0 aliphatic carbocycles. The smallest absolute Gasteiger partial charge is 0.0343 e. The van der Waals surface area contributed by atoms with Gasteiger partial charge in [-0.2, -0.15) is 0 Å². The normalized spacial score (nSPS) is 8.63. The fourth-order valence-electron chi connectivity index (χ4n) is 1.17. The summed E-state index contributed by atoms with van der Waals surface area (Å²) in [4.78, 5) is 4.51. The Hall–Kier alpha value is -1.17. The Morgan fingerprint density at radius 3 is 1.11 bits per heavy atom. The average molecular weight is 372 g/mol. The number of aryl methyl sites for hydroxylation is 2. The molecule has 0 heterocycles. The van der Waals surface area contributed by atoms with Crippen molar-refractivity contribution < 1.29 is 0 Å². The third-order valence-corrected chi connectivity index (χ3v) is 2.38. The van der Waals surface area contributed by atoms with E-state index in [1.165, 1.54) is 0 Å². The maximum Gasteiger partial charge on any atom is 0.0343 e. The zero-order valence-corrected chi connectivity index (χ0v) is 14.5. The van der Waals surface area contributed by atoms with Crippen molar-refractivity contribution in [3.05, 3.63) is 59.7 Å². The van der Waals surface area contributed by atoms with Gasteiger partial charge in [0, 0.05) is 11.4 Å². The minimum Gasteiger partial charge on any atom is -0.399 e. The van der Waals surface area contributed by atoms with E-state index in [2.05, 4.69) is 9.94 Å². The van der Waals surface area contributed by atoms with Crippen LogP contribution in [-0.2, 0) is 0 Å². The van der Waals surface area contributed by atoms with Gasteiger partial charge in [0.1, 0.15) is 0 Å². The number of nitrogens with two attached hydrogens (primary N) is 2. The molecular formula is C16H24N2Te. The van der Waals surface area contributed by atoms with Gasteiger partial charge in [0.15, 0.2) is 0 Å². The van der Waals surface area contributed by atoms with Gasteiger partial charge in [0.2, 0.25) is 0 Å². The van der Waals surface area contributed by atoms with E-state index in [4.69, 9.17) is 11.5 Å². The van der Waals surface area contributed by atoms with E-state index in [9.17, 15) is 0 Å². The molecule has 0 saturated heterocycles. The molecule has 104 valence electrons. The first-order chi connectivity index (χ1) is 9.02. The minimum atomic E-state index is 0.470. The van der Waals surface area contributed by atoms with Gasteiger partial charge in [-0.25, -0.2) is 0 Å². The van der Waals surface area contributed by atoms with Crippen LogP contribution in [0.4, 0.5) is 11.4 Å². The Bertz CT molecular complexity index is 384. The third kappa shape index (κ3) is 8.53. The van der Waals surface area contributed by atoms with Gasteiger partial charge in [0.05, 0.1) is 0 Å². The molecule has 0 aliphatic rings. The third-order valence-electron chi connectivity index (χ3n) is 2.38. The molecule has 4 N–H and O–H groups in total. The van der Waals surface area contributed by atoms with E-state index in [1.54, 1.807) is 0 Å². The molecule has 19 heavy (non-hydrogen) atoms. The minimum absolute atomic E-state index is 0.470. The summed E-state index contributed by atoms with van der Waals surface area (Å²) in [6.45, 7) is 3.99. The fraction of sp³-hybridized carbons (Fsp3) is 0.250. The SMILES string of the molecule is C[Te]C.Cc1ccccc1N.Cc1ccccc1N. The number of anilines is 2. The van der Waals surface area contributed by atoms with Gasteiger partial charge in [-0.3, -0.25) is 0 Å². The summed E-state index contributed by atoms with van der Waals surface area (Å²) < 4.78 is 0. The van der Waals surface area contributed by atoms with Crippen LogP contribution in [0.1, 0.15) is 11.1 Å². The molecule has 2 aromatic carbocycles. The van der Waals surface area contributed by atoms with E-state index in [-0.39, 0.29) is 0 Å². The number of hydrogen-bond donors (Lipinski definition) is 2. The van der Waals surface area contributed by atoms with Crippen LogP contribution in [0.3, 0.4) is 0 Å². The Labute approximate surface area is 127 Å². The van der Waals surface area contributed by atoms with E-state index in [0.29, 0.717) is 20.9 Å². The average Bonchev–Trinajstić information content (AvgIpc) is 2.38. The quantitative estimate of drug-likeness (QED) is 0.544. The molecule has 3 heteroatoms. The molecule has 0 radical (unpaired) electrons. The molecule has 2 rings (SSSR count). The van der Waals surface area contributed by atoms with E-state index in [1.807, 2.05) is 62.4 Å². The number of benzene rings is 2. The number of hydrogen-bond acceptors (Lipinski definition) is 2. The molecule has 0 aliphatic heterocycles. The summed E-state index contributed by atoms with van der Waals surface area (Å²) >= 11 is 0.470. The maximum absolute atomic E-state index is 5.52. The molecule has 2 aromatic rings. The standard InChI is InChI=1S/2C7H9N.C2H6Te/c2*1-6-4-2-3-5-7(6)8;1-3-2/h2*2-5H,8H2,1H3;1-2H3. The summed E-state index contributed by atoms with van der Waals surface area (Å²) in [5.41, 5.74) is 15.1. The van der Waals surface area contributed by atoms with E-state index in [0.717, 1.165) is 22.5 Å². The maximum atomic E-state index is 5.52. The number of rotatable bonds is 0. The Morgan fingerprint density at radius 1 is 0.684 bits per heavy atom. The largest absolute Gasteiger partial charge is 0.399 e. The first-order valence-electron chi connectivity index (χ1n) is 6.05. The van der Waals surface area contributed by atoms with Gasteiger partial charge in [-0.1, -0.05) is 36.4 Å². The van der Waals surface area contributed by atoms with Crippen LogP contribution in [0, 0.1) is 13.8 Å². The van der Waals surface area contributed by atoms with Gasteiger partial charge in [0.25, 0.3) is 0 Å². The zero-order chi connectivity index (χ0) is 14.7. The van der Waals surface area contributed by atoms with Gasteiger partial charge in [-0.15, -0.1) is 0 Å². The van der Waals surface area contributed by atoms with Gasteiger partial charge >= 0.3 is 30.9 Å². The monoisotopic (exact) mass is 374 g/mol. The van der Waals surface area contributed by atoms with Crippen molar-refractivity contribution in [2.45, 2.75) is 23.8 Å². The summed E-state index contributed by atoms with van der Waals surface area (Å²) in [7, 11) is 0. The first kappa shape index (κ1) is 17.8. The molecule has 0 fully saturated rings. The summed E-state index contributed by atoms with van der Waals surface area (Å²) in [5.74, 6) is 0. The van der Waals surface area contributed by atoms with Crippen molar-refractivity contribution in [3.8, 4) is 0 Å². The second kappa shape index (κ2) is 10.7. The van der Waals surface area contributed by atoms with Crippen LogP contribution in [-0.4, -0.2) is 20.9 Å². The second-order valence-corrected chi connectivity index (χ2v) is 6.45. The number of nitrogen functional groups attached to an aromatic ring is 2. The summed E-state index contributed by atoms with van der Waals surface area (Å²) in [6.07, 6.45) is 0. The van der Waals surface area contributed by atoms with Crippen molar-refractivity contribution >= 4 is 32.3 Å². The van der Waals surface area contributed by atoms with Crippen LogP contribution in [0.5, 0.6) is 0 Å². The molecule has 0 saturated carbocycles. The van der Waals surface area contributed by atoms with Gasteiger partial charge in [-0.05, 0) is 37.1 Å². The van der Waals surface area contributed by atoms with Crippen LogP contribution < -0.4 is 11.5 Å². The van der Waals surface area contributed by atoms with Crippen molar-refractivity contribution in [2.24, 2.45) is 0 Å². The van der Waals surface area contributed by atoms with Crippen LogP contribution in [0.15, 0.2) is 48.5 Å². The van der Waals surface area contributed by atoms with Crippen molar-refractivity contribution in [3.63, 3.8) is 0 Å². The van der Waals surface area contributed by atoms with E-state index >= 15 is 0 Å². The molecule has 0 spiro atoms. The van der Waals surface area contributed by atoms with Crippen molar-refractivity contribution in [1.29, 1.82) is 0 Å². The van der Waals surface area contributed by atoms with Crippen LogP contribution >= 0.6 is 0 Å². The first-order valence-corrected chi connectivity index (χ1v) is 10.7. The summed E-state index contributed by atoms with van der Waals surface area (Å²) in [6, 6.07) is 15.6. The molecule has 0 atom stereocenters. The Morgan fingerprint density at radius 2 is 0.947 bits per heavy atom. The molecule has 2 nitrogen and oxygen atoms in total. The second-order valence-electron chi connectivity index (χ2n) is 4.12. The fourth-order valence-corrected chi connectivity index (χ4v) is 1.17. The predicted molar refractivity (Wildman–Crippen MR) is 88.7 cm³/mol. The number of para-hydroxylation sites is 2. The molecule has 0 bridgehead atoms. The molecule has 0 amide bonds. The van der Waals surface area contributed by atoms with Crippen molar-refractivity contribution in [1.82, 2.24) is 0 Å². The molecular weight excluding hydrogens is 348 g/mol. The predicted octanol–water partition coefficient (Wildman–Crippen LogP) is 3.94. The van der Waals surface area contributed by atoms with Gasteiger partial charge < -0.3 is 11.5 Å². The Kier molecular flexibility index (Phi) is 10.1. The zero-order valence-electron chi connectivity index (χ0n) is 12.2. The Balaban J connectivity index is 0.000000284. The molecule has 0 aromatic heterocycles. The summed E-state index contributed by atoms with van der Waals surface area (Å²) in [5, 5.41) is 0. The van der Waals surface area contributed by atoms with E-state index < -0.39 is 0 Å².